The molecule has 0 aliphatic carbocycles. The van der Waals surface area contributed by atoms with Gasteiger partial charge in [-0.3, -0.25) is 0 Å². The van der Waals surface area contributed by atoms with Crippen LogP contribution in [0.4, 0.5) is 0 Å². The number of morpholine rings is 1. The SMILES string of the molecule is [2H]C([2H])(OC)[C@H]1CNCCO1. The minimum absolute atomic E-state index is 0.485. The van der Waals surface area contributed by atoms with Crippen molar-refractivity contribution in [3.8, 4) is 0 Å². The highest BCUT2D eigenvalue weighted by atomic mass is 16.5. The average Bonchev–Trinajstić information content (AvgIpc) is 2.06. The van der Waals surface area contributed by atoms with Gasteiger partial charge in [0.2, 0.25) is 0 Å². The van der Waals surface area contributed by atoms with Crippen molar-refractivity contribution in [2.24, 2.45) is 0 Å². The first-order valence-corrected chi connectivity index (χ1v) is 3.04. The fraction of sp³-hybridized carbons (Fsp3) is 1.00. The molecular weight excluding hydrogens is 118 g/mol. The third kappa shape index (κ3) is 2.30. The molecule has 0 aromatic heterocycles. The zero-order valence-corrected chi connectivity index (χ0v) is 5.52. The van der Waals surface area contributed by atoms with E-state index in [1.54, 1.807) is 0 Å². The van der Waals surface area contributed by atoms with Crippen LogP contribution in [-0.2, 0) is 9.47 Å². The van der Waals surface area contributed by atoms with Crippen LogP contribution in [0.25, 0.3) is 0 Å². The lowest BCUT2D eigenvalue weighted by atomic mass is 10.3. The Morgan fingerprint density at radius 3 is 3.44 bits per heavy atom. The quantitative estimate of drug-likeness (QED) is 0.557. The average molecular weight is 133 g/mol. The molecule has 1 aliphatic heterocycles. The van der Waals surface area contributed by atoms with Crippen molar-refractivity contribution in [2.45, 2.75) is 6.10 Å². The van der Waals surface area contributed by atoms with Crippen LogP contribution >= 0.6 is 0 Å². The van der Waals surface area contributed by atoms with Crippen LogP contribution in [0.15, 0.2) is 0 Å². The zero-order chi connectivity index (χ0) is 8.32. The maximum absolute atomic E-state index is 7.35. The largest absolute Gasteiger partial charge is 0.382 e. The predicted molar refractivity (Wildman–Crippen MR) is 34.5 cm³/mol. The van der Waals surface area contributed by atoms with Crippen LogP contribution in [0, 0.1) is 0 Å². The highest BCUT2D eigenvalue weighted by Crippen LogP contribution is 1.94. The second-order valence-electron chi connectivity index (χ2n) is 1.89. The lowest BCUT2D eigenvalue weighted by Gasteiger charge is -2.22. The number of rotatable bonds is 2. The normalized spacial score (nSPS) is 33.2. The van der Waals surface area contributed by atoms with E-state index in [1.807, 2.05) is 0 Å². The molecule has 0 radical (unpaired) electrons. The number of methoxy groups -OCH3 is 1. The molecule has 3 nitrogen and oxygen atoms in total. The molecular formula is C6H13NO2. The van der Waals surface area contributed by atoms with Crippen molar-refractivity contribution >= 4 is 0 Å². The van der Waals surface area contributed by atoms with Crippen molar-refractivity contribution in [3.63, 3.8) is 0 Å². The Bertz CT molecular complexity index is 126. The van der Waals surface area contributed by atoms with Gasteiger partial charge in [0.05, 0.1) is 22.0 Å². The number of ether oxygens (including phenoxy) is 2. The Morgan fingerprint density at radius 2 is 2.89 bits per heavy atom. The second-order valence-corrected chi connectivity index (χ2v) is 1.89. The van der Waals surface area contributed by atoms with Gasteiger partial charge in [-0.1, -0.05) is 0 Å². The fourth-order valence-electron chi connectivity index (χ4n) is 0.773. The summed E-state index contributed by atoms with van der Waals surface area (Å²) in [4.78, 5) is 0. The molecule has 1 heterocycles. The van der Waals surface area contributed by atoms with Crippen molar-refractivity contribution in [2.75, 3.05) is 33.4 Å². The Hall–Kier alpha value is -0.120. The smallest absolute Gasteiger partial charge is 0.0932 e. The van der Waals surface area contributed by atoms with E-state index in [0.29, 0.717) is 13.2 Å². The Labute approximate surface area is 58.1 Å². The lowest BCUT2D eigenvalue weighted by Crippen LogP contribution is -2.40. The van der Waals surface area contributed by atoms with Crippen molar-refractivity contribution in [3.05, 3.63) is 0 Å². The predicted octanol–water partition coefficient (Wildman–Crippen LogP) is -0.379. The van der Waals surface area contributed by atoms with E-state index in [9.17, 15) is 0 Å². The number of nitrogens with one attached hydrogen (secondary N) is 1. The Kier molecular flexibility index (Phi) is 1.98. The van der Waals surface area contributed by atoms with E-state index in [-0.39, 0.29) is 0 Å². The zero-order valence-electron chi connectivity index (χ0n) is 7.52. The van der Waals surface area contributed by atoms with Crippen molar-refractivity contribution < 1.29 is 12.2 Å². The summed E-state index contributed by atoms with van der Waals surface area (Å²) in [7, 11) is 1.35. The van der Waals surface area contributed by atoms with Crippen LogP contribution in [0.3, 0.4) is 0 Å². The summed E-state index contributed by atoms with van der Waals surface area (Å²) in [5.74, 6) is 0. The monoisotopic (exact) mass is 133 g/mol. The van der Waals surface area contributed by atoms with Gasteiger partial charge in [-0.2, -0.15) is 0 Å². The highest BCUT2D eigenvalue weighted by Gasteiger charge is 2.11. The van der Waals surface area contributed by atoms with E-state index in [0.717, 1.165) is 6.54 Å². The molecule has 1 fully saturated rings. The molecule has 1 N–H and O–H groups in total. The van der Waals surface area contributed by atoms with Crippen LogP contribution in [0.5, 0.6) is 0 Å². The summed E-state index contributed by atoms with van der Waals surface area (Å²) in [6.45, 7) is 0.179. The standard InChI is InChI=1S/C6H13NO2/c1-8-5-6-4-7-2-3-9-6/h6-7H,2-5H2,1H3/t6-/m1/s1/i5D2. The number of hydrogen-bond donors (Lipinski definition) is 1. The maximum Gasteiger partial charge on any atom is 0.0932 e. The first kappa shape index (κ1) is 4.66. The molecule has 0 unspecified atom stereocenters. The van der Waals surface area contributed by atoms with Gasteiger partial charge in [-0.25, -0.2) is 0 Å². The van der Waals surface area contributed by atoms with Crippen LogP contribution in [0.1, 0.15) is 2.74 Å². The van der Waals surface area contributed by atoms with E-state index < -0.39 is 12.7 Å². The highest BCUT2D eigenvalue weighted by molar-refractivity contribution is 4.65. The van der Waals surface area contributed by atoms with Gasteiger partial charge in [0.1, 0.15) is 0 Å². The summed E-state index contributed by atoms with van der Waals surface area (Å²) in [6.07, 6.45) is -0.485. The summed E-state index contributed by atoms with van der Waals surface area (Å²) < 4.78 is 24.5. The summed E-state index contributed by atoms with van der Waals surface area (Å²) in [5.41, 5.74) is 0. The van der Waals surface area contributed by atoms with Gasteiger partial charge >= 0.3 is 0 Å². The molecule has 9 heavy (non-hydrogen) atoms. The molecule has 3 heteroatoms. The topological polar surface area (TPSA) is 30.5 Å². The second kappa shape index (κ2) is 3.82. The van der Waals surface area contributed by atoms with Crippen LogP contribution in [0.2, 0.25) is 0 Å². The summed E-state index contributed by atoms with van der Waals surface area (Å²) in [5, 5.41) is 3.03. The van der Waals surface area contributed by atoms with Gasteiger partial charge in [0, 0.05) is 20.2 Å². The summed E-state index contributed by atoms with van der Waals surface area (Å²) in [6, 6.07) is 0. The first-order valence-electron chi connectivity index (χ1n) is 4.04. The van der Waals surface area contributed by atoms with E-state index in [2.05, 4.69) is 10.1 Å². The maximum atomic E-state index is 7.35. The minimum atomic E-state index is -1.67. The summed E-state index contributed by atoms with van der Waals surface area (Å²) >= 11 is 0. The first-order chi connectivity index (χ1) is 5.17. The van der Waals surface area contributed by atoms with E-state index >= 15 is 0 Å². The van der Waals surface area contributed by atoms with Gasteiger partial charge in [0.15, 0.2) is 0 Å². The molecule has 1 rings (SSSR count). The molecule has 0 bridgehead atoms. The lowest BCUT2D eigenvalue weighted by molar-refractivity contribution is -0.0188. The third-order valence-electron chi connectivity index (χ3n) is 1.18. The molecule has 0 amide bonds. The molecule has 0 aromatic carbocycles. The van der Waals surface area contributed by atoms with Crippen LogP contribution in [-0.4, -0.2) is 39.5 Å². The van der Waals surface area contributed by atoms with Crippen molar-refractivity contribution in [1.82, 2.24) is 5.32 Å². The van der Waals surface area contributed by atoms with Gasteiger partial charge in [0.25, 0.3) is 0 Å². The molecule has 0 spiro atoms. The fourth-order valence-corrected chi connectivity index (χ4v) is 0.773. The Morgan fingerprint density at radius 1 is 2.00 bits per heavy atom. The molecule has 0 saturated carbocycles. The van der Waals surface area contributed by atoms with Gasteiger partial charge in [-0.05, 0) is 0 Å². The molecule has 1 aliphatic rings. The van der Waals surface area contributed by atoms with Crippen molar-refractivity contribution in [1.29, 1.82) is 0 Å². The van der Waals surface area contributed by atoms with Crippen LogP contribution < -0.4 is 5.32 Å². The van der Waals surface area contributed by atoms with Gasteiger partial charge < -0.3 is 14.8 Å². The Balaban J connectivity index is 2.43. The molecule has 54 valence electrons. The van der Waals surface area contributed by atoms with E-state index in [1.165, 1.54) is 7.11 Å². The molecule has 0 aromatic rings. The van der Waals surface area contributed by atoms with E-state index in [4.69, 9.17) is 7.48 Å². The number of hydrogen-bond acceptors (Lipinski definition) is 3. The molecule has 1 saturated heterocycles. The van der Waals surface area contributed by atoms with Gasteiger partial charge in [-0.15, -0.1) is 0 Å². The third-order valence-corrected chi connectivity index (χ3v) is 1.18. The molecule has 1 atom stereocenters. The minimum Gasteiger partial charge on any atom is -0.382 e.